The van der Waals surface area contributed by atoms with Crippen molar-refractivity contribution >= 4 is 16.0 Å². The van der Waals surface area contributed by atoms with Crippen molar-refractivity contribution in [1.82, 2.24) is 4.72 Å². The first-order valence-corrected chi connectivity index (χ1v) is 6.78. The highest BCUT2D eigenvalue weighted by Crippen LogP contribution is 2.25. The molecule has 0 amide bonds. The summed E-state index contributed by atoms with van der Waals surface area (Å²) in [5, 5.41) is 8.40. The molecule has 1 saturated carbocycles. The summed E-state index contributed by atoms with van der Waals surface area (Å²) >= 11 is 0. The summed E-state index contributed by atoms with van der Waals surface area (Å²) in [7, 11) is -3.42. The number of carboxylic acid groups (broad SMARTS) is 1. The number of hydrogen-bond acceptors (Lipinski definition) is 3. The van der Waals surface area contributed by atoms with Crippen LogP contribution in [0.3, 0.4) is 0 Å². The smallest absolute Gasteiger partial charge is 0.304 e. The van der Waals surface area contributed by atoms with Crippen molar-refractivity contribution in [2.45, 2.75) is 38.6 Å². The van der Waals surface area contributed by atoms with Gasteiger partial charge in [0.1, 0.15) is 0 Å². The third kappa shape index (κ3) is 4.17. The molecule has 1 aliphatic rings. The van der Waals surface area contributed by atoms with Gasteiger partial charge in [-0.3, -0.25) is 4.79 Å². The van der Waals surface area contributed by atoms with Crippen molar-refractivity contribution in [3.05, 3.63) is 0 Å². The first kappa shape index (κ1) is 12.4. The molecule has 0 bridgehead atoms. The number of hydrogen-bond donors (Lipinski definition) is 2. The van der Waals surface area contributed by atoms with Crippen molar-refractivity contribution < 1.29 is 18.3 Å². The van der Waals surface area contributed by atoms with Gasteiger partial charge in [-0.1, -0.05) is 13.3 Å². The Bertz CT molecular complexity index is 325. The number of sulfonamides is 1. The molecule has 6 heteroatoms. The van der Waals surface area contributed by atoms with Crippen molar-refractivity contribution in [3.63, 3.8) is 0 Å². The Hall–Kier alpha value is -0.620. The number of aliphatic carboxylic acids is 1. The summed E-state index contributed by atoms with van der Waals surface area (Å²) in [6.07, 6.45) is 2.59. The van der Waals surface area contributed by atoms with Crippen LogP contribution in [0.2, 0.25) is 0 Å². The van der Waals surface area contributed by atoms with Gasteiger partial charge in [0.2, 0.25) is 10.0 Å². The summed E-state index contributed by atoms with van der Waals surface area (Å²) in [4.78, 5) is 10.3. The fourth-order valence-electron chi connectivity index (χ4n) is 1.83. The average molecular weight is 235 g/mol. The van der Waals surface area contributed by atoms with Crippen LogP contribution in [0, 0.1) is 5.92 Å². The summed E-state index contributed by atoms with van der Waals surface area (Å²) in [5.74, 6) is -1.06. The van der Waals surface area contributed by atoms with Gasteiger partial charge in [-0.25, -0.2) is 13.1 Å². The van der Waals surface area contributed by atoms with Crippen LogP contribution in [-0.2, 0) is 14.8 Å². The van der Waals surface area contributed by atoms with E-state index in [2.05, 4.69) is 4.72 Å². The second kappa shape index (κ2) is 4.94. The molecule has 2 atom stereocenters. The number of carboxylic acids is 1. The Morgan fingerprint density at radius 2 is 2.13 bits per heavy atom. The molecule has 0 heterocycles. The molecule has 1 rings (SSSR count). The van der Waals surface area contributed by atoms with Crippen molar-refractivity contribution in [2.24, 2.45) is 5.92 Å². The molecule has 1 aliphatic carbocycles. The number of carbonyl (C=O) groups is 1. The molecule has 0 aromatic carbocycles. The zero-order valence-electron chi connectivity index (χ0n) is 8.77. The lowest BCUT2D eigenvalue weighted by molar-refractivity contribution is -0.136. The average Bonchev–Trinajstić information content (AvgIpc) is 2.48. The quantitative estimate of drug-likeness (QED) is 0.729. The van der Waals surface area contributed by atoms with Gasteiger partial charge in [-0.2, -0.15) is 0 Å². The third-order valence-electron chi connectivity index (χ3n) is 2.78. The van der Waals surface area contributed by atoms with E-state index in [1.165, 1.54) is 0 Å². The van der Waals surface area contributed by atoms with E-state index in [-0.39, 0.29) is 18.2 Å². The lowest BCUT2D eigenvalue weighted by Gasteiger charge is -2.16. The van der Waals surface area contributed by atoms with Gasteiger partial charge < -0.3 is 5.11 Å². The predicted octanol–water partition coefficient (Wildman–Crippen LogP) is 0.569. The highest BCUT2D eigenvalue weighted by molar-refractivity contribution is 7.89. The second-order valence-corrected chi connectivity index (χ2v) is 5.97. The Morgan fingerprint density at radius 3 is 2.60 bits per heavy atom. The lowest BCUT2D eigenvalue weighted by atomic mass is 10.1. The van der Waals surface area contributed by atoms with E-state index in [4.69, 9.17) is 5.11 Å². The van der Waals surface area contributed by atoms with E-state index in [1.54, 1.807) is 0 Å². The van der Waals surface area contributed by atoms with Crippen LogP contribution < -0.4 is 4.72 Å². The molecule has 5 nitrogen and oxygen atoms in total. The molecule has 88 valence electrons. The molecule has 0 radical (unpaired) electrons. The molecular formula is C9H17NO4S. The van der Waals surface area contributed by atoms with Crippen molar-refractivity contribution in [1.29, 1.82) is 0 Å². The number of rotatable bonds is 5. The van der Waals surface area contributed by atoms with E-state index < -0.39 is 16.0 Å². The SMILES string of the molecule is CC1CCCC1NS(=O)(=O)CCC(=O)O. The lowest BCUT2D eigenvalue weighted by Crippen LogP contribution is -2.38. The van der Waals surface area contributed by atoms with Crippen LogP contribution in [0.1, 0.15) is 32.6 Å². The minimum absolute atomic E-state index is 0.0104. The molecule has 2 N–H and O–H groups in total. The standard InChI is InChI=1S/C9H17NO4S/c1-7-3-2-4-8(7)10-15(13,14)6-5-9(11)12/h7-8,10H,2-6H2,1H3,(H,11,12). The van der Waals surface area contributed by atoms with Crippen LogP contribution in [0.5, 0.6) is 0 Å². The normalized spacial score (nSPS) is 26.7. The second-order valence-electron chi connectivity index (χ2n) is 4.10. The molecule has 0 saturated heterocycles. The fourth-order valence-corrected chi connectivity index (χ4v) is 3.20. The van der Waals surface area contributed by atoms with Crippen LogP contribution in [0.4, 0.5) is 0 Å². The minimum Gasteiger partial charge on any atom is -0.481 e. The topological polar surface area (TPSA) is 83.5 Å². The molecule has 15 heavy (non-hydrogen) atoms. The van der Waals surface area contributed by atoms with E-state index in [9.17, 15) is 13.2 Å². The Balaban J connectivity index is 2.45. The Kier molecular flexibility index (Phi) is 4.10. The molecule has 0 aliphatic heterocycles. The van der Waals surface area contributed by atoms with Gasteiger partial charge in [0.25, 0.3) is 0 Å². The van der Waals surface area contributed by atoms with E-state index in [0.717, 1.165) is 19.3 Å². The molecular weight excluding hydrogens is 218 g/mol. The van der Waals surface area contributed by atoms with Crippen LogP contribution in [-0.4, -0.2) is 31.3 Å². The largest absolute Gasteiger partial charge is 0.481 e. The highest BCUT2D eigenvalue weighted by atomic mass is 32.2. The third-order valence-corrected chi connectivity index (χ3v) is 4.18. The summed E-state index contributed by atoms with van der Waals surface area (Å²) in [6, 6.07) is -0.0104. The minimum atomic E-state index is -3.42. The maximum Gasteiger partial charge on any atom is 0.304 e. The first-order valence-electron chi connectivity index (χ1n) is 5.12. The van der Waals surface area contributed by atoms with Crippen molar-refractivity contribution in [2.75, 3.05) is 5.75 Å². The molecule has 2 unspecified atom stereocenters. The molecule has 1 fully saturated rings. The Morgan fingerprint density at radius 1 is 1.47 bits per heavy atom. The molecule has 0 aromatic heterocycles. The van der Waals surface area contributed by atoms with Crippen LogP contribution >= 0.6 is 0 Å². The summed E-state index contributed by atoms with van der Waals surface area (Å²) in [6.45, 7) is 2.01. The molecule has 0 spiro atoms. The van der Waals surface area contributed by atoms with E-state index in [0.29, 0.717) is 5.92 Å². The fraction of sp³-hybridized carbons (Fsp3) is 0.889. The van der Waals surface area contributed by atoms with Crippen LogP contribution in [0.15, 0.2) is 0 Å². The summed E-state index contributed by atoms with van der Waals surface area (Å²) < 4.78 is 25.5. The zero-order chi connectivity index (χ0) is 11.5. The molecule has 0 aromatic rings. The number of nitrogens with one attached hydrogen (secondary N) is 1. The zero-order valence-corrected chi connectivity index (χ0v) is 9.59. The van der Waals surface area contributed by atoms with Crippen molar-refractivity contribution in [3.8, 4) is 0 Å². The highest BCUT2D eigenvalue weighted by Gasteiger charge is 2.27. The van der Waals surface area contributed by atoms with E-state index in [1.807, 2.05) is 6.92 Å². The van der Waals surface area contributed by atoms with Gasteiger partial charge in [-0.15, -0.1) is 0 Å². The predicted molar refractivity (Wildman–Crippen MR) is 56.0 cm³/mol. The van der Waals surface area contributed by atoms with Gasteiger partial charge in [0, 0.05) is 6.04 Å². The maximum atomic E-state index is 11.5. The van der Waals surface area contributed by atoms with Gasteiger partial charge in [-0.05, 0) is 18.8 Å². The monoisotopic (exact) mass is 235 g/mol. The van der Waals surface area contributed by atoms with Gasteiger partial charge in [0.05, 0.1) is 12.2 Å². The van der Waals surface area contributed by atoms with Gasteiger partial charge >= 0.3 is 5.97 Å². The Labute approximate surface area is 89.9 Å². The van der Waals surface area contributed by atoms with Crippen LogP contribution in [0.25, 0.3) is 0 Å². The van der Waals surface area contributed by atoms with E-state index >= 15 is 0 Å². The summed E-state index contributed by atoms with van der Waals surface area (Å²) in [5.41, 5.74) is 0. The van der Waals surface area contributed by atoms with Gasteiger partial charge in [0.15, 0.2) is 0 Å². The maximum absolute atomic E-state index is 11.5. The first-order chi connectivity index (χ1) is 6.91.